The number of hydrogen-bond donors (Lipinski definition) is 2. The van der Waals surface area contributed by atoms with E-state index in [1.54, 1.807) is 11.0 Å². The summed E-state index contributed by atoms with van der Waals surface area (Å²) in [7, 11) is 0. The molecule has 0 bridgehead atoms. The van der Waals surface area contributed by atoms with E-state index in [0.717, 1.165) is 12.8 Å². The summed E-state index contributed by atoms with van der Waals surface area (Å²) in [5, 5.41) is 12.4. The Morgan fingerprint density at radius 1 is 1.53 bits per heavy atom. The van der Waals surface area contributed by atoms with E-state index < -0.39 is 11.4 Å². The molecule has 1 heterocycles. The minimum absolute atomic E-state index is 0.0247. The van der Waals surface area contributed by atoms with Crippen LogP contribution in [0.5, 0.6) is 0 Å². The van der Waals surface area contributed by atoms with Gasteiger partial charge in [-0.25, -0.2) is 0 Å². The predicted molar refractivity (Wildman–Crippen MR) is 73.9 cm³/mol. The summed E-state index contributed by atoms with van der Waals surface area (Å²) in [4.78, 5) is 25.2. The number of rotatable bonds is 7. The lowest BCUT2D eigenvalue weighted by Gasteiger charge is -2.40. The maximum absolute atomic E-state index is 12.0. The Kier molecular flexibility index (Phi) is 6.02. The number of carbonyl (C=O) groups excluding carboxylic acids is 1. The zero-order valence-corrected chi connectivity index (χ0v) is 11.7. The maximum Gasteiger partial charge on any atom is 0.311 e. The highest BCUT2D eigenvalue weighted by molar-refractivity contribution is 5.81. The highest BCUT2D eigenvalue weighted by Gasteiger charge is 2.42. The number of likely N-dealkylation sites (tertiary alicyclic amines) is 1. The van der Waals surface area contributed by atoms with Crippen LogP contribution in [0.15, 0.2) is 12.7 Å². The van der Waals surface area contributed by atoms with Gasteiger partial charge in [-0.3, -0.25) is 9.59 Å². The molecule has 0 radical (unpaired) electrons. The van der Waals surface area contributed by atoms with Crippen molar-refractivity contribution in [1.29, 1.82) is 0 Å². The second-order valence-corrected chi connectivity index (χ2v) is 5.17. The van der Waals surface area contributed by atoms with Crippen LogP contribution in [0.25, 0.3) is 0 Å². The van der Waals surface area contributed by atoms with Crippen molar-refractivity contribution < 1.29 is 14.7 Å². The van der Waals surface area contributed by atoms with Crippen molar-refractivity contribution in [3.8, 4) is 0 Å². The minimum atomic E-state index is -0.772. The second kappa shape index (κ2) is 7.28. The van der Waals surface area contributed by atoms with Gasteiger partial charge in [-0.15, -0.1) is 6.58 Å². The van der Waals surface area contributed by atoms with E-state index >= 15 is 0 Å². The number of piperidine rings is 1. The van der Waals surface area contributed by atoms with Crippen molar-refractivity contribution in [3.05, 3.63) is 12.7 Å². The van der Waals surface area contributed by atoms with Gasteiger partial charge >= 0.3 is 5.97 Å². The molecular weight excluding hydrogens is 244 g/mol. The van der Waals surface area contributed by atoms with E-state index in [-0.39, 0.29) is 12.5 Å². The molecule has 1 saturated heterocycles. The predicted octanol–water partition coefficient (Wildman–Crippen LogP) is 1.26. The van der Waals surface area contributed by atoms with Gasteiger partial charge in [0.15, 0.2) is 0 Å². The summed E-state index contributed by atoms with van der Waals surface area (Å²) < 4.78 is 0. The lowest BCUT2D eigenvalue weighted by Crippen LogP contribution is -2.51. The number of carbonyl (C=O) groups is 2. The topological polar surface area (TPSA) is 69.6 Å². The average Bonchev–Trinajstić information content (AvgIpc) is 2.39. The fraction of sp³-hybridized carbons (Fsp3) is 0.714. The Hall–Kier alpha value is -1.36. The molecule has 5 nitrogen and oxygen atoms in total. The molecule has 1 aliphatic rings. The van der Waals surface area contributed by atoms with Crippen molar-refractivity contribution in [3.63, 3.8) is 0 Å². The number of amides is 1. The zero-order valence-electron chi connectivity index (χ0n) is 11.7. The first-order valence-electron chi connectivity index (χ1n) is 6.88. The normalized spacial score (nSPS) is 23.1. The number of aliphatic carboxylic acids is 1. The monoisotopic (exact) mass is 268 g/mol. The van der Waals surface area contributed by atoms with Gasteiger partial charge in [0, 0.05) is 19.6 Å². The minimum Gasteiger partial charge on any atom is -0.481 e. The van der Waals surface area contributed by atoms with Gasteiger partial charge in [-0.1, -0.05) is 19.4 Å². The largest absolute Gasteiger partial charge is 0.481 e. The fourth-order valence-corrected chi connectivity index (χ4v) is 2.70. The molecule has 1 atom stereocenters. The van der Waals surface area contributed by atoms with E-state index in [1.807, 2.05) is 6.92 Å². The molecule has 1 unspecified atom stereocenters. The summed E-state index contributed by atoms with van der Waals surface area (Å²) in [6.07, 6.45) is 4.58. The number of carboxylic acids is 1. The molecule has 2 N–H and O–H groups in total. The molecule has 5 heteroatoms. The van der Waals surface area contributed by atoms with E-state index in [0.29, 0.717) is 32.5 Å². The van der Waals surface area contributed by atoms with Crippen LogP contribution in [0.4, 0.5) is 0 Å². The first-order chi connectivity index (χ1) is 9.05. The van der Waals surface area contributed by atoms with Crippen LogP contribution >= 0.6 is 0 Å². The summed E-state index contributed by atoms with van der Waals surface area (Å²) in [6, 6.07) is 0. The van der Waals surface area contributed by atoms with Crippen LogP contribution in [-0.2, 0) is 9.59 Å². The van der Waals surface area contributed by atoms with Gasteiger partial charge in [0.25, 0.3) is 0 Å². The van der Waals surface area contributed by atoms with Crippen molar-refractivity contribution in [1.82, 2.24) is 10.2 Å². The molecule has 0 spiro atoms. The molecule has 108 valence electrons. The van der Waals surface area contributed by atoms with E-state index in [1.165, 1.54) is 0 Å². The lowest BCUT2D eigenvalue weighted by atomic mass is 9.76. The summed E-state index contributed by atoms with van der Waals surface area (Å²) in [5.41, 5.74) is -0.749. The number of nitrogens with one attached hydrogen (secondary N) is 1. The Balaban J connectivity index is 2.63. The molecule has 19 heavy (non-hydrogen) atoms. The first-order valence-corrected chi connectivity index (χ1v) is 6.88. The van der Waals surface area contributed by atoms with E-state index in [4.69, 9.17) is 0 Å². The van der Waals surface area contributed by atoms with Crippen LogP contribution in [0.2, 0.25) is 0 Å². The fourth-order valence-electron chi connectivity index (χ4n) is 2.70. The van der Waals surface area contributed by atoms with Gasteiger partial charge in [0.05, 0.1) is 12.0 Å². The molecule has 0 aromatic heterocycles. The molecular formula is C14H24N2O3. The third-order valence-electron chi connectivity index (χ3n) is 3.68. The van der Waals surface area contributed by atoms with Gasteiger partial charge in [-0.05, 0) is 19.3 Å². The molecule has 1 aliphatic heterocycles. The van der Waals surface area contributed by atoms with Crippen molar-refractivity contribution in [2.45, 2.75) is 32.6 Å². The Morgan fingerprint density at radius 3 is 2.84 bits per heavy atom. The van der Waals surface area contributed by atoms with Crippen molar-refractivity contribution in [2.75, 3.05) is 26.2 Å². The maximum atomic E-state index is 12.0. The van der Waals surface area contributed by atoms with Crippen molar-refractivity contribution in [2.24, 2.45) is 5.41 Å². The van der Waals surface area contributed by atoms with E-state index in [9.17, 15) is 14.7 Å². The summed E-state index contributed by atoms with van der Waals surface area (Å²) in [6.45, 7) is 7.38. The third-order valence-corrected chi connectivity index (χ3v) is 3.68. The highest BCUT2D eigenvalue weighted by atomic mass is 16.4. The molecule has 1 fully saturated rings. The van der Waals surface area contributed by atoms with Crippen LogP contribution in [-0.4, -0.2) is 48.1 Å². The second-order valence-electron chi connectivity index (χ2n) is 5.17. The smallest absolute Gasteiger partial charge is 0.311 e. The molecule has 0 saturated carbocycles. The van der Waals surface area contributed by atoms with Crippen LogP contribution in [0.3, 0.4) is 0 Å². The zero-order chi connectivity index (χ0) is 14.3. The number of hydrogen-bond acceptors (Lipinski definition) is 3. The summed E-state index contributed by atoms with van der Waals surface area (Å²) >= 11 is 0. The molecule has 1 rings (SSSR count). The SMILES string of the molecule is C=CCNCC(=O)N1CCCC(CCC)(C(=O)O)C1. The molecule has 0 aromatic rings. The lowest BCUT2D eigenvalue weighted by molar-refractivity contribution is -0.155. The standard InChI is InChI=1S/C14H24N2O3/c1-3-6-14(13(18)19)7-5-9-16(11-14)12(17)10-15-8-4-2/h4,15H,2-3,5-11H2,1H3,(H,18,19). The van der Waals surface area contributed by atoms with E-state index in [2.05, 4.69) is 11.9 Å². The number of nitrogens with zero attached hydrogens (tertiary/aromatic N) is 1. The quantitative estimate of drug-likeness (QED) is 0.538. The Morgan fingerprint density at radius 2 is 2.26 bits per heavy atom. The van der Waals surface area contributed by atoms with Crippen LogP contribution in [0.1, 0.15) is 32.6 Å². The highest BCUT2D eigenvalue weighted by Crippen LogP contribution is 2.35. The molecule has 0 aromatic carbocycles. The molecule has 1 amide bonds. The van der Waals surface area contributed by atoms with Crippen molar-refractivity contribution >= 4 is 11.9 Å². The Bertz CT molecular complexity index is 340. The van der Waals surface area contributed by atoms with Crippen LogP contribution < -0.4 is 5.32 Å². The number of carboxylic acid groups (broad SMARTS) is 1. The molecule has 0 aliphatic carbocycles. The Labute approximate surface area is 114 Å². The average molecular weight is 268 g/mol. The van der Waals surface area contributed by atoms with Gasteiger partial charge in [0.2, 0.25) is 5.91 Å². The van der Waals surface area contributed by atoms with Gasteiger partial charge < -0.3 is 15.3 Å². The third kappa shape index (κ3) is 4.06. The van der Waals surface area contributed by atoms with Crippen LogP contribution in [0, 0.1) is 5.41 Å². The van der Waals surface area contributed by atoms with Gasteiger partial charge in [0.1, 0.15) is 0 Å². The summed E-state index contributed by atoms with van der Waals surface area (Å²) in [5.74, 6) is -0.797. The van der Waals surface area contributed by atoms with Gasteiger partial charge in [-0.2, -0.15) is 0 Å². The first kappa shape index (κ1) is 15.7.